The molecule has 1 aromatic rings. The summed E-state index contributed by atoms with van der Waals surface area (Å²) in [6.45, 7) is 4.40. The van der Waals surface area contributed by atoms with Crippen LogP contribution in [0.4, 0.5) is 5.69 Å². The van der Waals surface area contributed by atoms with E-state index < -0.39 is 0 Å². The second-order valence-corrected chi connectivity index (χ2v) is 4.77. The van der Waals surface area contributed by atoms with Gasteiger partial charge in [0.2, 0.25) is 5.91 Å². The van der Waals surface area contributed by atoms with Crippen LogP contribution in [0.3, 0.4) is 0 Å². The molecule has 1 heterocycles. The van der Waals surface area contributed by atoms with Gasteiger partial charge >= 0.3 is 5.97 Å². The van der Waals surface area contributed by atoms with E-state index in [0.717, 1.165) is 16.8 Å². The molecule has 2 rings (SSSR count). The summed E-state index contributed by atoms with van der Waals surface area (Å²) in [5.41, 5.74) is 3.09. The number of nitrogens with zero attached hydrogens (tertiary/aromatic N) is 1. The highest BCUT2D eigenvalue weighted by atomic mass is 16.5. The minimum absolute atomic E-state index is 0.0181. The molecule has 1 fully saturated rings. The second kappa shape index (κ2) is 4.80. The molecule has 1 amide bonds. The first-order chi connectivity index (χ1) is 8.51. The van der Waals surface area contributed by atoms with E-state index in [0.29, 0.717) is 6.54 Å². The van der Waals surface area contributed by atoms with Crippen LogP contribution in [0.5, 0.6) is 0 Å². The van der Waals surface area contributed by atoms with Crippen molar-refractivity contribution < 1.29 is 14.3 Å². The van der Waals surface area contributed by atoms with E-state index in [1.54, 1.807) is 4.90 Å². The Hall–Kier alpha value is -1.84. The molecule has 0 radical (unpaired) electrons. The third-order valence-corrected chi connectivity index (χ3v) is 3.18. The van der Waals surface area contributed by atoms with Gasteiger partial charge < -0.3 is 9.64 Å². The number of hydrogen-bond donors (Lipinski definition) is 0. The highest BCUT2D eigenvalue weighted by Crippen LogP contribution is 2.27. The molecule has 18 heavy (non-hydrogen) atoms. The molecule has 4 nitrogen and oxygen atoms in total. The van der Waals surface area contributed by atoms with E-state index >= 15 is 0 Å². The molecule has 0 saturated carbocycles. The number of amides is 1. The van der Waals surface area contributed by atoms with Crippen molar-refractivity contribution in [3.8, 4) is 0 Å². The number of benzene rings is 1. The summed E-state index contributed by atoms with van der Waals surface area (Å²) < 4.78 is 4.70. The van der Waals surface area contributed by atoms with Crippen molar-refractivity contribution in [2.24, 2.45) is 5.92 Å². The van der Waals surface area contributed by atoms with Crippen LogP contribution in [0, 0.1) is 19.8 Å². The van der Waals surface area contributed by atoms with Crippen molar-refractivity contribution in [1.82, 2.24) is 0 Å². The lowest BCUT2D eigenvalue weighted by molar-refractivity contribution is -0.145. The summed E-state index contributed by atoms with van der Waals surface area (Å²) in [6.07, 6.45) is 0.236. The molecule has 1 aromatic carbocycles. The monoisotopic (exact) mass is 247 g/mol. The van der Waals surface area contributed by atoms with Gasteiger partial charge in [0.05, 0.1) is 13.0 Å². The molecular formula is C14H17NO3. The summed E-state index contributed by atoms with van der Waals surface area (Å²) in [7, 11) is 1.35. The van der Waals surface area contributed by atoms with Gasteiger partial charge in [-0.15, -0.1) is 0 Å². The summed E-state index contributed by atoms with van der Waals surface area (Å²) in [4.78, 5) is 25.1. The molecule has 0 unspecified atom stereocenters. The van der Waals surface area contributed by atoms with Gasteiger partial charge in [0.15, 0.2) is 0 Å². The van der Waals surface area contributed by atoms with E-state index in [-0.39, 0.29) is 24.2 Å². The van der Waals surface area contributed by atoms with Gasteiger partial charge in [-0.25, -0.2) is 0 Å². The Labute approximate surface area is 107 Å². The number of carbonyl (C=O) groups excluding carboxylic acids is 2. The van der Waals surface area contributed by atoms with Crippen LogP contribution in [-0.4, -0.2) is 25.5 Å². The van der Waals surface area contributed by atoms with Crippen molar-refractivity contribution in [1.29, 1.82) is 0 Å². The van der Waals surface area contributed by atoms with Gasteiger partial charge in [-0.2, -0.15) is 0 Å². The predicted molar refractivity (Wildman–Crippen MR) is 68.4 cm³/mol. The van der Waals surface area contributed by atoms with Gasteiger partial charge in [-0.1, -0.05) is 6.07 Å². The number of ether oxygens (including phenoxy) is 1. The SMILES string of the molecule is COC(=O)[C@@H]1CC(=O)N(c2cc(C)cc(C)c2)C1. The topological polar surface area (TPSA) is 46.6 Å². The number of carbonyl (C=O) groups is 2. The molecule has 0 spiro atoms. The van der Waals surface area contributed by atoms with Crippen molar-refractivity contribution in [3.63, 3.8) is 0 Å². The number of esters is 1. The average molecular weight is 247 g/mol. The second-order valence-electron chi connectivity index (χ2n) is 4.77. The quantitative estimate of drug-likeness (QED) is 0.749. The standard InChI is InChI=1S/C14H17NO3/c1-9-4-10(2)6-12(5-9)15-8-11(7-13(15)16)14(17)18-3/h4-6,11H,7-8H2,1-3H3/t11-/m1/s1. The first-order valence-electron chi connectivity index (χ1n) is 5.97. The fourth-order valence-corrected chi connectivity index (χ4v) is 2.39. The smallest absolute Gasteiger partial charge is 0.311 e. The molecule has 1 saturated heterocycles. The van der Waals surface area contributed by atoms with Crippen molar-refractivity contribution >= 4 is 17.6 Å². The first-order valence-corrected chi connectivity index (χ1v) is 5.97. The number of methoxy groups -OCH3 is 1. The zero-order valence-corrected chi connectivity index (χ0v) is 10.9. The lowest BCUT2D eigenvalue weighted by Crippen LogP contribution is -2.26. The maximum absolute atomic E-state index is 11.9. The summed E-state index contributed by atoms with van der Waals surface area (Å²) in [5, 5.41) is 0. The third kappa shape index (κ3) is 2.37. The van der Waals surface area contributed by atoms with Crippen LogP contribution < -0.4 is 4.90 Å². The van der Waals surface area contributed by atoms with Crippen LogP contribution >= 0.6 is 0 Å². The highest BCUT2D eigenvalue weighted by Gasteiger charge is 2.35. The minimum Gasteiger partial charge on any atom is -0.469 e. The fraction of sp³-hybridized carbons (Fsp3) is 0.429. The Morgan fingerprint density at radius 1 is 1.28 bits per heavy atom. The highest BCUT2D eigenvalue weighted by molar-refractivity contribution is 5.99. The van der Waals surface area contributed by atoms with E-state index in [4.69, 9.17) is 4.74 Å². The molecule has 1 aliphatic rings. The zero-order valence-electron chi connectivity index (χ0n) is 10.9. The predicted octanol–water partition coefficient (Wildman–Crippen LogP) is 1.83. The molecule has 1 atom stereocenters. The lowest BCUT2D eigenvalue weighted by atomic mass is 10.1. The maximum atomic E-state index is 11.9. The summed E-state index contributed by atoms with van der Waals surface area (Å²) in [5.74, 6) is -0.672. The van der Waals surface area contributed by atoms with Crippen LogP contribution in [0.1, 0.15) is 17.5 Å². The van der Waals surface area contributed by atoms with Crippen molar-refractivity contribution in [3.05, 3.63) is 29.3 Å². The van der Waals surface area contributed by atoms with Crippen molar-refractivity contribution in [2.75, 3.05) is 18.6 Å². The van der Waals surface area contributed by atoms with E-state index in [9.17, 15) is 9.59 Å². The van der Waals surface area contributed by atoms with Crippen LogP contribution in [0.15, 0.2) is 18.2 Å². The van der Waals surface area contributed by atoms with Crippen LogP contribution in [0.2, 0.25) is 0 Å². The molecule has 0 N–H and O–H groups in total. The molecule has 0 bridgehead atoms. The average Bonchev–Trinajstić information content (AvgIpc) is 2.69. The van der Waals surface area contributed by atoms with E-state index in [1.165, 1.54) is 7.11 Å². The third-order valence-electron chi connectivity index (χ3n) is 3.18. The van der Waals surface area contributed by atoms with Crippen LogP contribution in [0.25, 0.3) is 0 Å². The van der Waals surface area contributed by atoms with E-state index in [1.807, 2.05) is 26.0 Å². The van der Waals surface area contributed by atoms with Gasteiger partial charge in [0.25, 0.3) is 0 Å². The van der Waals surface area contributed by atoms with E-state index in [2.05, 4.69) is 6.07 Å². The number of rotatable bonds is 2. The first kappa shape index (κ1) is 12.6. The molecular weight excluding hydrogens is 230 g/mol. The number of hydrogen-bond acceptors (Lipinski definition) is 3. The number of aryl methyl sites for hydroxylation is 2. The van der Waals surface area contributed by atoms with Gasteiger partial charge in [-0.3, -0.25) is 9.59 Å². The normalized spacial score (nSPS) is 19.2. The largest absolute Gasteiger partial charge is 0.469 e. The summed E-state index contributed by atoms with van der Waals surface area (Å²) >= 11 is 0. The maximum Gasteiger partial charge on any atom is 0.311 e. The zero-order chi connectivity index (χ0) is 13.3. The van der Waals surface area contributed by atoms with Crippen LogP contribution in [-0.2, 0) is 14.3 Å². The Bertz CT molecular complexity index is 476. The molecule has 4 heteroatoms. The molecule has 0 aromatic heterocycles. The molecule has 0 aliphatic carbocycles. The van der Waals surface area contributed by atoms with Gasteiger partial charge in [-0.05, 0) is 37.1 Å². The Morgan fingerprint density at radius 3 is 2.44 bits per heavy atom. The summed E-state index contributed by atoms with van der Waals surface area (Å²) in [6, 6.07) is 5.98. The van der Waals surface area contributed by atoms with Gasteiger partial charge in [0.1, 0.15) is 0 Å². The van der Waals surface area contributed by atoms with Gasteiger partial charge in [0, 0.05) is 18.7 Å². The Kier molecular flexibility index (Phi) is 3.36. The molecule has 96 valence electrons. The lowest BCUT2D eigenvalue weighted by Gasteiger charge is -2.17. The fourth-order valence-electron chi connectivity index (χ4n) is 2.39. The Morgan fingerprint density at radius 2 is 1.89 bits per heavy atom. The van der Waals surface area contributed by atoms with Crippen molar-refractivity contribution in [2.45, 2.75) is 20.3 Å². The number of anilines is 1. The Balaban J connectivity index is 2.24. The molecule has 1 aliphatic heterocycles. The minimum atomic E-state index is -0.344.